The van der Waals surface area contributed by atoms with E-state index in [0.717, 1.165) is 30.0 Å². The lowest BCUT2D eigenvalue weighted by Crippen LogP contribution is -2.42. The predicted molar refractivity (Wildman–Crippen MR) is 127 cm³/mol. The minimum Gasteiger partial charge on any atom is -0.371 e. The van der Waals surface area contributed by atoms with Crippen LogP contribution >= 0.6 is 24.8 Å². The van der Waals surface area contributed by atoms with Crippen LogP contribution in [0.5, 0.6) is 0 Å². The minimum atomic E-state index is -0.647. The van der Waals surface area contributed by atoms with E-state index in [0.29, 0.717) is 0 Å². The smallest absolute Gasteiger partial charge is 0.246 e. The Hall–Kier alpha value is -2.28. The highest BCUT2D eigenvalue weighted by atomic mass is 35.5. The second-order valence-electron chi connectivity index (χ2n) is 7.24. The molecule has 164 valence electrons. The van der Waals surface area contributed by atoms with Gasteiger partial charge in [0.25, 0.3) is 0 Å². The zero-order chi connectivity index (χ0) is 19.9. The Balaban J connectivity index is 0.00000225. The lowest BCUT2D eigenvalue weighted by molar-refractivity contribution is -0.126. The Morgan fingerprint density at radius 3 is 2.37 bits per heavy atom. The third-order valence-corrected chi connectivity index (χ3v) is 4.99. The van der Waals surface area contributed by atoms with Crippen molar-refractivity contribution in [3.63, 3.8) is 0 Å². The molecule has 8 heteroatoms. The van der Waals surface area contributed by atoms with Gasteiger partial charge < -0.3 is 21.3 Å². The van der Waals surface area contributed by atoms with E-state index < -0.39 is 12.1 Å². The van der Waals surface area contributed by atoms with Gasteiger partial charge in [0.15, 0.2) is 0 Å². The molecule has 0 aromatic heterocycles. The molecule has 0 saturated carbocycles. The SMILES string of the molecule is CC(NC(=O)CC(N)c1ccccc1)C(=O)Nc1cccc(N2CCCC2)c1.Cl.Cl. The van der Waals surface area contributed by atoms with Crippen molar-refractivity contribution < 1.29 is 9.59 Å². The summed E-state index contributed by atoms with van der Waals surface area (Å²) in [6.45, 7) is 3.77. The van der Waals surface area contributed by atoms with Gasteiger partial charge >= 0.3 is 0 Å². The molecule has 30 heavy (non-hydrogen) atoms. The number of carbonyl (C=O) groups is 2. The quantitative estimate of drug-likeness (QED) is 0.597. The summed E-state index contributed by atoms with van der Waals surface area (Å²) in [5.74, 6) is -0.495. The van der Waals surface area contributed by atoms with E-state index >= 15 is 0 Å². The van der Waals surface area contributed by atoms with Crippen LogP contribution in [0.15, 0.2) is 54.6 Å². The normalized spacial score (nSPS) is 14.7. The van der Waals surface area contributed by atoms with E-state index in [2.05, 4.69) is 21.6 Å². The van der Waals surface area contributed by atoms with E-state index in [-0.39, 0.29) is 43.0 Å². The molecule has 1 fully saturated rings. The largest absolute Gasteiger partial charge is 0.371 e. The summed E-state index contributed by atoms with van der Waals surface area (Å²) in [5, 5.41) is 5.61. The van der Waals surface area contributed by atoms with Gasteiger partial charge in [0, 0.05) is 36.9 Å². The van der Waals surface area contributed by atoms with Crippen molar-refractivity contribution in [3.05, 3.63) is 60.2 Å². The third-order valence-electron chi connectivity index (χ3n) is 4.99. The van der Waals surface area contributed by atoms with Crippen LogP contribution in [0.4, 0.5) is 11.4 Å². The standard InChI is InChI=1S/C22H28N4O2.2ClH/c1-16(24-21(27)15-20(23)17-8-3-2-4-9-17)22(28)25-18-10-7-11-19(14-18)26-12-5-6-13-26;;/h2-4,7-11,14,16,20H,5-6,12-13,15,23H2,1H3,(H,24,27)(H,25,28);2*1H. The summed E-state index contributed by atoms with van der Waals surface area (Å²) in [6.07, 6.45) is 2.53. The summed E-state index contributed by atoms with van der Waals surface area (Å²) < 4.78 is 0. The van der Waals surface area contributed by atoms with Gasteiger partial charge in [0.1, 0.15) is 6.04 Å². The Morgan fingerprint density at radius 2 is 1.70 bits per heavy atom. The van der Waals surface area contributed by atoms with Gasteiger partial charge in [0.05, 0.1) is 0 Å². The van der Waals surface area contributed by atoms with Gasteiger partial charge in [-0.2, -0.15) is 0 Å². The molecule has 1 aliphatic rings. The molecule has 2 unspecified atom stereocenters. The molecule has 4 N–H and O–H groups in total. The number of anilines is 2. The van der Waals surface area contributed by atoms with E-state index in [1.165, 1.54) is 12.8 Å². The summed E-state index contributed by atoms with van der Waals surface area (Å²) >= 11 is 0. The lowest BCUT2D eigenvalue weighted by Gasteiger charge is -2.19. The fourth-order valence-electron chi connectivity index (χ4n) is 3.39. The fourth-order valence-corrected chi connectivity index (χ4v) is 3.39. The first kappa shape index (κ1) is 25.8. The number of carbonyl (C=O) groups excluding carboxylic acids is 2. The van der Waals surface area contributed by atoms with Crippen molar-refractivity contribution in [2.45, 2.75) is 38.3 Å². The number of hydrogen-bond donors (Lipinski definition) is 3. The first-order chi connectivity index (χ1) is 13.5. The van der Waals surface area contributed by atoms with Crippen molar-refractivity contribution in [2.24, 2.45) is 5.73 Å². The minimum absolute atomic E-state index is 0. The van der Waals surface area contributed by atoms with Crippen molar-refractivity contribution >= 4 is 48.0 Å². The van der Waals surface area contributed by atoms with Gasteiger partial charge in [-0.3, -0.25) is 9.59 Å². The molecule has 2 amide bonds. The first-order valence-corrected chi connectivity index (χ1v) is 9.78. The number of benzene rings is 2. The first-order valence-electron chi connectivity index (χ1n) is 9.78. The molecule has 3 rings (SSSR count). The Labute approximate surface area is 190 Å². The molecular formula is C22H30Cl2N4O2. The summed E-state index contributed by atoms with van der Waals surface area (Å²) in [7, 11) is 0. The highest BCUT2D eigenvalue weighted by molar-refractivity contribution is 5.97. The molecule has 0 bridgehead atoms. The maximum atomic E-state index is 12.5. The second-order valence-corrected chi connectivity index (χ2v) is 7.24. The molecule has 1 heterocycles. The third kappa shape index (κ3) is 7.20. The van der Waals surface area contributed by atoms with Crippen molar-refractivity contribution in [2.75, 3.05) is 23.3 Å². The summed E-state index contributed by atoms with van der Waals surface area (Å²) in [6, 6.07) is 16.2. The number of halogens is 2. The molecule has 0 aliphatic carbocycles. The van der Waals surface area contributed by atoms with Crippen molar-refractivity contribution in [1.29, 1.82) is 0 Å². The van der Waals surface area contributed by atoms with Crippen molar-refractivity contribution in [3.8, 4) is 0 Å². The molecule has 1 saturated heterocycles. The zero-order valence-electron chi connectivity index (χ0n) is 17.0. The number of nitrogens with two attached hydrogens (primary N) is 1. The van der Waals surface area contributed by atoms with Crippen molar-refractivity contribution in [1.82, 2.24) is 5.32 Å². The van der Waals surface area contributed by atoms with E-state index in [1.54, 1.807) is 6.92 Å². The molecule has 1 aliphatic heterocycles. The van der Waals surface area contributed by atoms with Crippen LogP contribution in [-0.4, -0.2) is 30.9 Å². The van der Waals surface area contributed by atoms with Gasteiger partial charge in [-0.1, -0.05) is 36.4 Å². The highest BCUT2D eigenvalue weighted by Crippen LogP contribution is 2.23. The van der Waals surface area contributed by atoms with Crippen LogP contribution in [0.2, 0.25) is 0 Å². The van der Waals surface area contributed by atoms with E-state index in [4.69, 9.17) is 5.73 Å². The van der Waals surface area contributed by atoms with Crippen LogP contribution in [0.3, 0.4) is 0 Å². The molecule has 2 atom stereocenters. The topological polar surface area (TPSA) is 87.5 Å². The highest BCUT2D eigenvalue weighted by Gasteiger charge is 2.19. The Morgan fingerprint density at radius 1 is 1.03 bits per heavy atom. The fraction of sp³-hybridized carbons (Fsp3) is 0.364. The van der Waals surface area contributed by atoms with Crippen LogP contribution in [0, 0.1) is 0 Å². The Kier molecular flexibility index (Phi) is 10.7. The van der Waals surface area contributed by atoms with Gasteiger partial charge in [-0.05, 0) is 43.5 Å². The zero-order valence-corrected chi connectivity index (χ0v) is 18.7. The molecular weight excluding hydrogens is 423 g/mol. The number of rotatable bonds is 7. The van der Waals surface area contributed by atoms with Crippen LogP contribution < -0.4 is 21.3 Å². The Bertz CT molecular complexity index is 814. The maximum Gasteiger partial charge on any atom is 0.246 e. The maximum absolute atomic E-state index is 12.5. The number of nitrogens with zero attached hydrogens (tertiary/aromatic N) is 1. The number of amides is 2. The molecule has 0 radical (unpaired) electrons. The van der Waals surface area contributed by atoms with E-state index in [9.17, 15) is 9.59 Å². The van der Waals surface area contributed by atoms with Gasteiger partial charge in [0.2, 0.25) is 11.8 Å². The summed E-state index contributed by atoms with van der Waals surface area (Å²) in [5.41, 5.74) is 8.82. The van der Waals surface area contributed by atoms with Crippen LogP contribution in [0.25, 0.3) is 0 Å². The number of hydrogen-bond acceptors (Lipinski definition) is 4. The predicted octanol–water partition coefficient (Wildman–Crippen LogP) is 3.66. The average molecular weight is 453 g/mol. The summed E-state index contributed by atoms with van der Waals surface area (Å²) in [4.78, 5) is 27.0. The molecule has 2 aromatic rings. The molecule has 0 spiro atoms. The van der Waals surface area contributed by atoms with Crippen LogP contribution in [0.1, 0.15) is 37.8 Å². The van der Waals surface area contributed by atoms with E-state index in [1.807, 2.05) is 48.5 Å². The second kappa shape index (κ2) is 12.4. The van der Waals surface area contributed by atoms with Crippen LogP contribution in [-0.2, 0) is 9.59 Å². The van der Waals surface area contributed by atoms with Gasteiger partial charge in [-0.25, -0.2) is 0 Å². The van der Waals surface area contributed by atoms with Gasteiger partial charge in [-0.15, -0.1) is 24.8 Å². The number of nitrogens with one attached hydrogen (secondary N) is 2. The monoisotopic (exact) mass is 452 g/mol. The lowest BCUT2D eigenvalue weighted by atomic mass is 10.0. The molecule has 6 nitrogen and oxygen atoms in total. The molecule has 2 aromatic carbocycles. The average Bonchev–Trinajstić information content (AvgIpc) is 3.23.